The van der Waals surface area contributed by atoms with Gasteiger partial charge in [0, 0.05) is 17.8 Å². The van der Waals surface area contributed by atoms with Gasteiger partial charge in [-0.3, -0.25) is 9.48 Å². The molecule has 124 valence electrons. The molecule has 0 aromatic carbocycles. The van der Waals surface area contributed by atoms with Crippen LogP contribution in [-0.4, -0.2) is 38.3 Å². The largest absolute Gasteiger partial charge is 0.361 e. The molecule has 1 aliphatic rings. The molecule has 0 saturated carbocycles. The maximum atomic E-state index is 12.7. The van der Waals surface area contributed by atoms with Crippen molar-refractivity contribution < 1.29 is 9.32 Å². The van der Waals surface area contributed by atoms with Crippen molar-refractivity contribution in [2.24, 2.45) is 0 Å². The maximum Gasteiger partial charge on any atom is 0.227 e. The van der Waals surface area contributed by atoms with Crippen molar-refractivity contribution in [2.75, 3.05) is 6.54 Å². The van der Waals surface area contributed by atoms with Gasteiger partial charge in [-0.25, -0.2) is 0 Å². The standard InChI is InChI=1S/C17H24N4O2/c1-11-8-12(2)21(18-11)10-15-6-5-7-20(15)17(22)9-16-13(3)19-23-14(16)4/h8,15H,5-7,9-10H2,1-4H3/t15-/m1/s1. The van der Waals surface area contributed by atoms with E-state index in [1.807, 2.05) is 30.4 Å². The van der Waals surface area contributed by atoms with E-state index in [9.17, 15) is 4.79 Å². The van der Waals surface area contributed by atoms with E-state index < -0.39 is 0 Å². The molecular formula is C17H24N4O2. The fourth-order valence-corrected chi connectivity index (χ4v) is 3.42. The zero-order chi connectivity index (χ0) is 16.6. The second kappa shape index (κ2) is 6.18. The van der Waals surface area contributed by atoms with Crippen molar-refractivity contribution in [1.82, 2.24) is 19.8 Å². The lowest BCUT2D eigenvalue weighted by Gasteiger charge is -2.25. The first-order valence-corrected chi connectivity index (χ1v) is 8.18. The van der Waals surface area contributed by atoms with E-state index in [2.05, 4.69) is 23.2 Å². The first kappa shape index (κ1) is 15.8. The van der Waals surface area contributed by atoms with Crippen LogP contribution in [0.4, 0.5) is 0 Å². The number of hydrogen-bond donors (Lipinski definition) is 0. The van der Waals surface area contributed by atoms with Crippen LogP contribution < -0.4 is 0 Å². The van der Waals surface area contributed by atoms with Crippen LogP contribution in [-0.2, 0) is 17.8 Å². The molecule has 6 nitrogen and oxygen atoms in total. The molecule has 3 heterocycles. The van der Waals surface area contributed by atoms with E-state index in [1.54, 1.807) is 0 Å². The van der Waals surface area contributed by atoms with Crippen molar-refractivity contribution in [1.29, 1.82) is 0 Å². The van der Waals surface area contributed by atoms with E-state index in [-0.39, 0.29) is 11.9 Å². The smallest absolute Gasteiger partial charge is 0.227 e. The van der Waals surface area contributed by atoms with Crippen molar-refractivity contribution >= 4 is 5.91 Å². The van der Waals surface area contributed by atoms with Crippen LogP contribution >= 0.6 is 0 Å². The number of aryl methyl sites for hydroxylation is 4. The van der Waals surface area contributed by atoms with Crippen LogP contribution in [0.25, 0.3) is 0 Å². The molecule has 0 radical (unpaired) electrons. The topological polar surface area (TPSA) is 64.2 Å². The van der Waals surface area contributed by atoms with E-state index in [4.69, 9.17) is 4.52 Å². The first-order chi connectivity index (χ1) is 11.0. The van der Waals surface area contributed by atoms with Crippen molar-refractivity contribution in [3.8, 4) is 0 Å². The summed E-state index contributed by atoms with van der Waals surface area (Å²) in [5.41, 5.74) is 3.90. The third-order valence-corrected chi connectivity index (χ3v) is 4.69. The summed E-state index contributed by atoms with van der Waals surface area (Å²) < 4.78 is 7.18. The zero-order valence-corrected chi connectivity index (χ0v) is 14.3. The molecule has 1 fully saturated rings. The van der Waals surface area contributed by atoms with Gasteiger partial charge < -0.3 is 9.42 Å². The Hall–Kier alpha value is -2.11. The predicted molar refractivity (Wildman–Crippen MR) is 86.1 cm³/mol. The van der Waals surface area contributed by atoms with Gasteiger partial charge in [-0.2, -0.15) is 5.10 Å². The van der Waals surface area contributed by atoms with Gasteiger partial charge in [-0.1, -0.05) is 5.16 Å². The van der Waals surface area contributed by atoms with E-state index in [1.165, 1.54) is 0 Å². The minimum Gasteiger partial charge on any atom is -0.361 e. The van der Waals surface area contributed by atoms with Crippen molar-refractivity contribution in [2.45, 2.75) is 59.5 Å². The highest BCUT2D eigenvalue weighted by Gasteiger charge is 2.30. The van der Waals surface area contributed by atoms with Gasteiger partial charge in [-0.05, 0) is 46.6 Å². The Morgan fingerprint density at radius 2 is 2.13 bits per heavy atom. The van der Waals surface area contributed by atoms with E-state index >= 15 is 0 Å². The molecule has 6 heteroatoms. The second-order valence-electron chi connectivity index (χ2n) is 6.47. The van der Waals surface area contributed by atoms with Crippen molar-refractivity contribution in [3.63, 3.8) is 0 Å². The Bertz CT molecular complexity index is 697. The highest BCUT2D eigenvalue weighted by atomic mass is 16.5. The minimum absolute atomic E-state index is 0.156. The van der Waals surface area contributed by atoms with Crippen LogP contribution in [0.1, 0.15) is 41.2 Å². The summed E-state index contributed by atoms with van der Waals surface area (Å²) in [5.74, 6) is 0.897. The van der Waals surface area contributed by atoms with Crippen LogP contribution in [0.3, 0.4) is 0 Å². The fourth-order valence-electron chi connectivity index (χ4n) is 3.42. The number of carbonyl (C=O) groups excluding carboxylic acids is 1. The number of aromatic nitrogens is 3. The summed E-state index contributed by atoms with van der Waals surface area (Å²) in [6.45, 7) is 9.40. The van der Waals surface area contributed by atoms with Crippen LogP contribution in [0, 0.1) is 27.7 Å². The SMILES string of the molecule is Cc1cc(C)n(C[C@H]2CCCN2C(=O)Cc2c(C)noc2C)n1. The second-order valence-corrected chi connectivity index (χ2v) is 6.47. The average molecular weight is 316 g/mol. The van der Waals surface area contributed by atoms with Crippen LogP contribution in [0.2, 0.25) is 0 Å². The monoisotopic (exact) mass is 316 g/mol. The highest BCUT2D eigenvalue weighted by molar-refractivity contribution is 5.79. The Balaban J connectivity index is 1.71. The summed E-state index contributed by atoms with van der Waals surface area (Å²) in [6.07, 6.45) is 2.46. The number of amides is 1. The quantitative estimate of drug-likeness (QED) is 0.868. The zero-order valence-electron chi connectivity index (χ0n) is 14.3. The molecule has 23 heavy (non-hydrogen) atoms. The fraction of sp³-hybridized carbons (Fsp3) is 0.588. The van der Waals surface area contributed by atoms with Gasteiger partial charge in [0.15, 0.2) is 0 Å². The normalized spacial score (nSPS) is 17.9. The van der Waals surface area contributed by atoms with Gasteiger partial charge in [0.1, 0.15) is 5.76 Å². The number of nitrogens with zero attached hydrogens (tertiary/aromatic N) is 4. The summed E-state index contributed by atoms with van der Waals surface area (Å²) in [5, 5.41) is 8.46. The Morgan fingerprint density at radius 1 is 1.35 bits per heavy atom. The predicted octanol–water partition coefficient (Wildman–Crippen LogP) is 2.34. The van der Waals surface area contributed by atoms with E-state index in [0.29, 0.717) is 6.42 Å². The van der Waals surface area contributed by atoms with Gasteiger partial charge >= 0.3 is 0 Å². The summed E-state index contributed by atoms with van der Waals surface area (Å²) in [7, 11) is 0. The average Bonchev–Trinajstić information content (AvgIpc) is 3.16. The van der Waals surface area contributed by atoms with Crippen LogP contribution in [0.5, 0.6) is 0 Å². The van der Waals surface area contributed by atoms with Gasteiger partial charge in [0.25, 0.3) is 0 Å². The van der Waals surface area contributed by atoms with Crippen molar-refractivity contribution in [3.05, 3.63) is 34.5 Å². The lowest BCUT2D eigenvalue weighted by Crippen LogP contribution is -2.39. The van der Waals surface area contributed by atoms with E-state index in [0.717, 1.165) is 54.3 Å². The van der Waals surface area contributed by atoms with Gasteiger partial charge in [0.05, 0.1) is 30.4 Å². The van der Waals surface area contributed by atoms with Gasteiger partial charge in [-0.15, -0.1) is 0 Å². The molecule has 0 N–H and O–H groups in total. The third kappa shape index (κ3) is 3.16. The summed E-state index contributed by atoms with van der Waals surface area (Å²) in [6, 6.07) is 2.30. The molecule has 1 aliphatic heterocycles. The van der Waals surface area contributed by atoms with Crippen LogP contribution in [0.15, 0.2) is 10.6 Å². The molecule has 1 atom stereocenters. The molecule has 1 saturated heterocycles. The molecule has 0 bridgehead atoms. The molecule has 3 rings (SSSR count). The molecule has 2 aromatic rings. The third-order valence-electron chi connectivity index (χ3n) is 4.69. The minimum atomic E-state index is 0.156. The molecule has 1 amide bonds. The van der Waals surface area contributed by atoms with Gasteiger partial charge in [0.2, 0.25) is 5.91 Å². The summed E-state index contributed by atoms with van der Waals surface area (Å²) in [4.78, 5) is 14.7. The summed E-state index contributed by atoms with van der Waals surface area (Å²) >= 11 is 0. The Morgan fingerprint density at radius 3 is 2.74 bits per heavy atom. The number of rotatable bonds is 4. The lowest BCUT2D eigenvalue weighted by molar-refractivity contribution is -0.131. The molecule has 0 spiro atoms. The lowest BCUT2D eigenvalue weighted by atomic mass is 10.1. The first-order valence-electron chi connectivity index (χ1n) is 8.18. The molecule has 0 unspecified atom stereocenters. The highest BCUT2D eigenvalue weighted by Crippen LogP contribution is 2.22. The maximum absolute atomic E-state index is 12.7. The number of carbonyl (C=O) groups is 1. The molecule has 2 aromatic heterocycles. The molecular weight excluding hydrogens is 292 g/mol. The molecule has 0 aliphatic carbocycles. The Labute approximate surface area is 136 Å². The number of likely N-dealkylation sites (tertiary alicyclic amines) is 1. The Kier molecular flexibility index (Phi) is 4.24. The number of hydrogen-bond acceptors (Lipinski definition) is 4.